The summed E-state index contributed by atoms with van der Waals surface area (Å²) in [7, 11) is 0. The monoisotopic (exact) mass is 368 g/mol. The van der Waals surface area contributed by atoms with Gasteiger partial charge < -0.3 is 24.8 Å². The van der Waals surface area contributed by atoms with Gasteiger partial charge in [0.05, 0.1) is 11.7 Å². The molecule has 0 aromatic heterocycles. The van der Waals surface area contributed by atoms with Crippen molar-refractivity contribution in [2.24, 2.45) is 17.3 Å². The molecule has 0 bridgehead atoms. The minimum atomic E-state index is -1.25. The third-order valence-corrected chi connectivity index (χ3v) is 7.54. The van der Waals surface area contributed by atoms with Crippen LogP contribution in [0.5, 0.6) is 0 Å². The molecule has 3 aliphatic rings. The zero-order valence-electron chi connectivity index (χ0n) is 16.8. The van der Waals surface area contributed by atoms with Gasteiger partial charge in [0.15, 0.2) is 6.29 Å². The van der Waals surface area contributed by atoms with Crippen LogP contribution in [-0.2, 0) is 9.47 Å². The summed E-state index contributed by atoms with van der Waals surface area (Å²) >= 11 is 0. The van der Waals surface area contributed by atoms with Crippen molar-refractivity contribution in [1.29, 1.82) is 0 Å². The molecule has 1 heterocycles. The Balaban J connectivity index is 1.71. The molecule has 5 heteroatoms. The van der Waals surface area contributed by atoms with Crippen LogP contribution in [0.2, 0.25) is 0 Å². The smallest absolute Gasteiger partial charge is 0.187 e. The minimum absolute atomic E-state index is 0.276. The van der Waals surface area contributed by atoms with Crippen LogP contribution in [0.1, 0.15) is 66.7 Å². The van der Waals surface area contributed by atoms with E-state index < -0.39 is 36.3 Å². The standard InChI is InChI=1S/C21H36O5/c1-12-7-6-8-13(2)21(12)10-9-15(11-21)20(4,5)26-19-18(24)17(23)16(22)14(3)25-19/h7,13-19,22-24H,6,8-11H2,1-5H3/t13-,14-,15+,16+,17+,18-,19+,21-/m1/s1. The number of hydrogen-bond acceptors (Lipinski definition) is 5. The zero-order valence-corrected chi connectivity index (χ0v) is 16.8. The number of hydrogen-bond donors (Lipinski definition) is 3. The van der Waals surface area contributed by atoms with Crippen molar-refractivity contribution in [2.75, 3.05) is 0 Å². The largest absolute Gasteiger partial charge is 0.388 e. The van der Waals surface area contributed by atoms with E-state index >= 15 is 0 Å². The van der Waals surface area contributed by atoms with E-state index in [1.807, 2.05) is 0 Å². The van der Waals surface area contributed by atoms with E-state index in [2.05, 4.69) is 33.8 Å². The summed E-state index contributed by atoms with van der Waals surface area (Å²) in [6, 6.07) is 0. The van der Waals surface area contributed by atoms with E-state index in [1.165, 1.54) is 24.8 Å². The molecule has 0 aromatic carbocycles. The molecule has 0 unspecified atom stereocenters. The Bertz CT molecular complexity index is 545. The van der Waals surface area contributed by atoms with Crippen molar-refractivity contribution in [3.05, 3.63) is 11.6 Å². The Morgan fingerprint density at radius 3 is 2.46 bits per heavy atom. The van der Waals surface area contributed by atoms with E-state index in [1.54, 1.807) is 6.92 Å². The van der Waals surface area contributed by atoms with Crippen LogP contribution in [0.25, 0.3) is 0 Å². The Morgan fingerprint density at radius 2 is 1.81 bits per heavy atom. The molecule has 1 aliphatic heterocycles. The Hall–Kier alpha value is -0.460. The molecule has 3 rings (SSSR count). The second-order valence-corrected chi connectivity index (χ2v) is 9.36. The SMILES string of the molecule is CC1=CCC[C@@H](C)[C@@]12CC[C@H](C(C)(C)O[C@@H]1O[C@H](C)[C@H](O)[C@H](O)[C@H]1O)C2. The molecule has 26 heavy (non-hydrogen) atoms. The molecule has 2 fully saturated rings. The van der Waals surface area contributed by atoms with E-state index in [0.717, 1.165) is 12.8 Å². The van der Waals surface area contributed by atoms with Gasteiger partial charge in [-0.05, 0) is 77.0 Å². The number of rotatable bonds is 3. The second kappa shape index (κ2) is 7.17. The first-order valence-electron chi connectivity index (χ1n) is 10.1. The van der Waals surface area contributed by atoms with Gasteiger partial charge in [-0.15, -0.1) is 0 Å². The van der Waals surface area contributed by atoms with Crippen molar-refractivity contribution in [2.45, 2.75) is 103 Å². The van der Waals surface area contributed by atoms with Gasteiger partial charge in [-0.3, -0.25) is 0 Å². The average Bonchev–Trinajstić information content (AvgIpc) is 3.03. The van der Waals surface area contributed by atoms with Gasteiger partial charge in [0.1, 0.15) is 18.3 Å². The quantitative estimate of drug-likeness (QED) is 0.668. The molecule has 1 saturated heterocycles. The fraction of sp³-hybridized carbons (Fsp3) is 0.905. The number of aliphatic hydroxyl groups excluding tert-OH is 3. The molecule has 8 atom stereocenters. The van der Waals surface area contributed by atoms with Gasteiger partial charge >= 0.3 is 0 Å². The number of ether oxygens (including phenoxy) is 2. The summed E-state index contributed by atoms with van der Waals surface area (Å²) in [6.07, 6.45) is 3.10. The molecule has 0 aromatic rings. The lowest BCUT2D eigenvalue weighted by molar-refractivity contribution is -0.322. The summed E-state index contributed by atoms with van der Waals surface area (Å²) in [6.45, 7) is 10.5. The maximum Gasteiger partial charge on any atom is 0.187 e. The van der Waals surface area contributed by atoms with E-state index in [4.69, 9.17) is 9.47 Å². The van der Waals surface area contributed by atoms with Gasteiger partial charge in [-0.25, -0.2) is 0 Å². The maximum atomic E-state index is 10.3. The molecule has 0 amide bonds. The van der Waals surface area contributed by atoms with Crippen molar-refractivity contribution in [3.8, 4) is 0 Å². The Labute approximate surface area is 157 Å². The van der Waals surface area contributed by atoms with Crippen molar-refractivity contribution >= 4 is 0 Å². The van der Waals surface area contributed by atoms with Crippen LogP contribution in [0.3, 0.4) is 0 Å². The first-order valence-corrected chi connectivity index (χ1v) is 10.1. The number of aliphatic hydroxyl groups is 3. The van der Waals surface area contributed by atoms with E-state index in [0.29, 0.717) is 11.8 Å². The summed E-state index contributed by atoms with van der Waals surface area (Å²) < 4.78 is 11.9. The lowest BCUT2D eigenvalue weighted by Crippen LogP contribution is -2.59. The van der Waals surface area contributed by atoms with Crippen LogP contribution in [0, 0.1) is 17.3 Å². The minimum Gasteiger partial charge on any atom is -0.388 e. The highest BCUT2D eigenvalue weighted by molar-refractivity contribution is 5.20. The molecule has 2 aliphatic carbocycles. The molecule has 150 valence electrons. The van der Waals surface area contributed by atoms with E-state index in [-0.39, 0.29) is 5.41 Å². The average molecular weight is 369 g/mol. The van der Waals surface area contributed by atoms with Crippen LogP contribution < -0.4 is 0 Å². The number of allylic oxidation sites excluding steroid dienone is 2. The third kappa shape index (κ3) is 3.37. The fourth-order valence-electron chi connectivity index (χ4n) is 5.40. The van der Waals surface area contributed by atoms with Crippen molar-refractivity contribution in [1.82, 2.24) is 0 Å². The summed E-state index contributed by atoms with van der Waals surface area (Å²) in [5.74, 6) is 1.04. The van der Waals surface area contributed by atoms with Crippen LogP contribution in [-0.4, -0.2) is 51.6 Å². The zero-order chi connectivity index (χ0) is 19.3. The topological polar surface area (TPSA) is 79.2 Å². The fourth-order valence-corrected chi connectivity index (χ4v) is 5.40. The molecule has 5 nitrogen and oxygen atoms in total. The highest BCUT2D eigenvalue weighted by Gasteiger charge is 2.51. The summed E-state index contributed by atoms with van der Waals surface area (Å²) in [4.78, 5) is 0. The van der Waals surface area contributed by atoms with Gasteiger partial charge in [0.2, 0.25) is 0 Å². The van der Waals surface area contributed by atoms with Crippen LogP contribution in [0.15, 0.2) is 11.6 Å². The predicted molar refractivity (Wildman–Crippen MR) is 99.4 cm³/mol. The predicted octanol–water partition coefficient (Wildman–Crippen LogP) is 2.77. The molecular weight excluding hydrogens is 332 g/mol. The van der Waals surface area contributed by atoms with Gasteiger partial charge in [-0.2, -0.15) is 0 Å². The van der Waals surface area contributed by atoms with Gasteiger partial charge in [0, 0.05) is 0 Å². The van der Waals surface area contributed by atoms with Crippen molar-refractivity contribution in [3.63, 3.8) is 0 Å². The summed E-state index contributed by atoms with van der Waals surface area (Å²) in [5, 5.41) is 30.2. The van der Waals surface area contributed by atoms with Gasteiger partial charge in [0.25, 0.3) is 0 Å². The molecule has 1 saturated carbocycles. The highest BCUT2D eigenvalue weighted by atomic mass is 16.7. The van der Waals surface area contributed by atoms with Crippen LogP contribution >= 0.6 is 0 Å². The van der Waals surface area contributed by atoms with E-state index in [9.17, 15) is 15.3 Å². The molecule has 3 N–H and O–H groups in total. The third-order valence-electron chi connectivity index (χ3n) is 7.54. The normalized spacial score (nSPS) is 47.2. The lowest BCUT2D eigenvalue weighted by Gasteiger charge is -2.45. The molecule has 0 radical (unpaired) electrons. The lowest BCUT2D eigenvalue weighted by atomic mass is 9.64. The Morgan fingerprint density at radius 1 is 1.12 bits per heavy atom. The Kier molecular flexibility index (Phi) is 5.59. The van der Waals surface area contributed by atoms with Crippen LogP contribution in [0.4, 0.5) is 0 Å². The first kappa shape index (κ1) is 20.3. The molecular formula is C21H36O5. The summed E-state index contributed by atoms with van der Waals surface area (Å²) in [5.41, 5.74) is 1.32. The maximum absolute atomic E-state index is 10.3. The van der Waals surface area contributed by atoms with Gasteiger partial charge in [-0.1, -0.05) is 18.6 Å². The highest BCUT2D eigenvalue weighted by Crippen LogP contribution is 2.57. The second-order valence-electron chi connectivity index (χ2n) is 9.36. The first-order chi connectivity index (χ1) is 12.1. The van der Waals surface area contributed by atoms with Crippen molar-refractivity contribution < 1.29 is 24.8 Å². The molecule has 1 spiro atoms.